The molecule has 0 fully saturated rings. The minimum atomic E-state index is -0.294. The zero-order chi connectivity index (χ0) is 21.1. The molecule has 2 heterocycles. The lowest BCUT2D eigenvalue weighted by Crippen LogP contribution is -2.17. The molecule has 7 nitrogen and oxygen atoms in total. The summed E-state index contributed by atoms with van der Waals surface area (Å²) >= 11 is 6.34. The summed E-state index contributed by atoms with van der Waals surface area (Å²) in [6.07, 6.45) is 1.69. The average Bonchev–Trinajstić information content (AvgIpc) is 3.16. The van der Waals surface area contributed by atoms with Crippen molar-refractivity contribution in [3.05, 3.63) is 88.3 Å². The topological polar surface area (TPSA) is 77.8 Å². The van der Waals surface area contributed by atoms with Crippen LogP contribution in [0.1, 0.15) is 28.6 Å². The number of hydrogen-bond acceptors (Lipinski definition) is 6. The third kappa shape index (κ3) is 4.26. The van der Waals surface area contributed by atoms with E-state index in [4.69, 9.17) is 16.3 Å². The normalized spacial score (nSPS) is 11.9. The van der Waals surface area contributed by atoms with Crippen molar-refractivity contribution in [3.63, 3.8) is 0 Å². The standard InChI is InChI=1S/C22H21ClN6O/c1-14-11-17(12-15(2)20(14)23)25-21(22-26-27-28-29(22)3)16-7-6-8-18(13-16)30-19-9-4-5-10-24-19/h4-13,21,25H,1-3H3. The largest absolute Gasteiger partial charge is 0.439 e. The van der Waals surface area contributed by atoms with Gasteiger partial charge < -0.3 is 10.1 Å². The van der Waals surface area contributed by atoms with Crippen LogP contribution in [0.3, 0.4) is 0 Å². The van der Waals surface area contributed by atoms with Crippen molar-refractivity contribution in [1.82, 2.24) is 25.2 Å². The Morgan fingerprint density at radius 3 is 2.50 bits per heavy atom. The van der Waals surface area contributed by atoms with Crippen LogP contribution in [-0.2, 0) is 7.05 Å². The molecule has 2 aromatic carbocycles. The summed E-state index contributed by atoms with van der Waals surface area (Å²) in [7, 11) is 1.82. The fourth-order valence-electron chi connectivity index (χ4n) is 3.26. The number of aromatic nitrogens is 5. The van der Waals surface area contributed by atoms with Crippen LogP contribution in [0.4, 0.5) is 5.69 Å². The maximum absolute atomic E-state index is 6.34. The predicted octanol–water partition coefficient (Wildman–Crippen LogP) is 4.87. The lowest BCUT2D eigenvalue weighted by atomic mass is 10.0. The molecule has 0 aliphatic carbocycles. The summed E-state index contributed by atoms with van der Waals surface area (Å²) in [6, 6.07) is 17.1. The molecule has 0 spiro atoms. The number of hydrogen-bond donors (Lipinski definition) is 1. The Bertz CT molecular complexity index is 1140. The monoisotopic (exact) mass is 420 g/mol. The third-order valence-electron chi connectivity index (χ3n) is 4.71. The highest BCUT2D eigenvalue weighted by molar-refractivity contribution is 6.32. The highest BCUT2D eigenvalue weighted by atomic mass is 35.5. The van der Waals surface area contributed by atoms with Crippen molar-refractivity contribution in [2.45, 2.75) is 19.9 Å². The molecule has 1 N–H and O–H groups in total. The van der Waals surface area contributed by atoms with E-state index in [1.165, 1.54) is 0 Å². The van der Waals surface area contributed by atoms with Gasteiger partial charge in [-0.1, -0.05) is 29.8 Å². The number of aryl methyl sites for hydroxylation is 3. The number of nitrogens with one attached hydrogen (secondary N) is 1. The van der Waals surface area contributed by atoms with E-state index in [1.54, 1.807) is 10.9 Å². The van der Waals surface area contributed by atoms with E-state index < -0.39 is 0 Å². The quantitative estimate of drug-likeness (QED) is 0.479. The first-order valence-electron chi connectivity index (χ1n) is 9.45. The number of anilines is 1. The number of halogens is 1. The molecule has 0 aliphatic heterocycles. The van der Waals surface area contributed by atoms with Gasteiger partial charge in [-0.3, -0.25) is 0 Å². The van der Waals surface area contributed by atoms with E-state index in [9.17, 15) is 0 Å². The molecule has 0 bridgehead atoms. The molecule has 4 rings (SSSR count). The first kappa shape index (κ1) is 19.8. The van der Waals surface area contributed by atoms with Gasteiger partial charge in [0.05, 0.1) is 0 Å². The predicted molar refractivity (Wildman–Crippen MR) is 116 cm³/mol. The van der Waals surface area contributed by atoms with Crippen molar-refractivity contribution in [2.75, 3.05) is 5.32 Å². The molecular formula is C22H21ClN6O. The van der Waals surface area contributed by atoms with Crippen LogP contribution in [0, 0.1) is 13.8 Å². The molecule has 0 aliphatic rings. The molecule has 30 heavy (non-hydrogen) atoms. The molecule has 1 atom stereocenters. The second-order valence-electron chi connectivity index (χ2n) is 7.00. The molecule has 0 radical (unpaired) electrons. The second kappa shape index (κ2) is 8.51. The van der Waals surface area contributed by atoms with Crippen LogP contribution in [0.15, 0.2) is 60.8 Å². The number of rotatable bonds is 6. The second-order valence-corrected chi connectivity index (χ2v) is 7.38. The van der Waals surface area contributed by atoms with Gasteiger partial charge in [0.15, 0.2) is 5.82 Å². The highest BCUT2D eigenvalue weighted by Crippen LogP contribution is 2.31. The van der Waals surface area contributed by atoms with Crippen molar-refractivity contribution in [2.24, 2.45) is 7.05 Å². The van der Waals surface area contributed by atoms with E-state index in [1.807, 2.05) is 75.5 Å². The lowest BCUT2D eigenvalue weighted by Gasteiger charge is -2.21. The van der Waals surface area contributed by atoms with Gasteiger partial charge in [0.2, 0.25) is 5.88 Å². The van der Waals surface area contributed by atoms with Gasteiger partial charge in [0, 0.05) is 30.0 Å². The maximum atomic E-state index is 6.34. The highest BCUT2D eigenvalue weighted by Gasteiger charge is 2.21. The Labute approximate surface area is 179 Å². The minimum absolute atomic E-state index is 0.294. The van der Waals surface area contributed by atoms with E-state index in [-0.39, 0.29) is 6.04 Å². The van der Waals surface area contributed by atoms with E-state index in [0.717, 1.165) is 27.4 Å². The van der Waals surface area contributed by atoms with Crippen LogP contribution < -0.4 is 10.1 Å². The zero-order valence-corrected chi connectivity index (χ0v) is 17.6. The summed E-state index contributed by atoms with van der Waals surface area (Å²) in [5, 5.41) is 16.3. The van der Waals surface area contributed by atoms with Gasteiger partial charge in [0.1, 0.15) is 11.8 Å². The van der Waals surface area contributed by atoms with E-state index in [0.29, 0.717) is 17.5 Å². The van der Waals surface area contributed by atoms with Crippen molar-refractivity contribution < 1.29 is 4.74 Å². The molecule has 4 aromatic rings. The van der Waals surface area contributed by atoms with Gasteiger partial charge in [-0.05, 0) is 71.3 Å². The molecule has 152 valence electrons. The first-order chi connectivity index (χ1) is 14.5. The summed E-state index contributed by atoms with van der Waals surface area (Å²) in [5.41, 5.74) is 3.88. The van der Waals surface area contributed by atoms with Crippen molar-refractivity contribution in [3.8, 4) is 11.6 Å². The Morgan fingerprint density at radius 2 is 1.83 bits per heavy atom. The molecule has 2 aromatic heterocycles. The van der Waals surface area contributed by atoms with Gasteiger partial charge in [0.25, 0.3) is 0 Å². The number of pyridine rings is 1. The summed E-state index contributed by atoms with van der Waals surface area (Å²) < 4.78 is 7.56. The zero-order valence-electron chi connectivity index (χ0n) is 16.9. The van der Waals surface area contributed by atoms with Crippen molar-refractivity contribution >= 4 is 17.3 Å². The average molecular weight is 421 g/mol. The van der Waals surface area contributed by atoms with Crippen LogP contribution in [0.5, 0.6) is 11.6 Å². The molecule has 8 heteroatoms. The number of nitrogens with zero attached hydrogens (tertiary/aromatic N) is 5. The first-order valence-corrected chi connectivity index (χ1v) is 9.83. The third-order valence-corrected chi connectivity index (χ3v) is 5.31. The van der Waals surface area contributed by atoms with Crippen LogP contribution in [-0.4, -0.2) is 25.2 Å². The SMILES string of the molecule is Cc1cc(NC(c2cccc(Oc3ccccn3)c2)c2nnnn2C)cc(C)c1Cl. The summed E-state index contributed by atoms with van der Waals surface area (Å²) in [4.78, 5) is 4.22. The van der Waals surface area contributed by atoms with Crippen LogP contribution in [0.25, 0.3) is 0 Å². The smallest absolute Gasteiger partial charge is 0.219 e. The number of ether oxygens (including phenoxy) is 1. The Kier molecular flexibility index (Phi) is 5.63. The van der Waals surface area contributed by atoms with Gasteiger partial charge in [-0.2, -0.15) is 0 Å². The molecule has 0 saturated heterocycles. The van der Waals surface area contributed by atoms with Gasteiger partial charge in [-0.15, -0.1) is 5.10 Å². The number of tetrazole rings is 1. The Morgan fingerprint density at radius 1 is 1.03 bits per heavy atom. The fraction of sp³-hybridized carbons (Fsp3) is 0.182. The van der Waals surface area contributed by atoms with Gasteiger partial charge in [-0.25, -0.2) is 9.67 Å². The maximum Gasteiger partial charge on any atom is 0.219 e. The molecule has 1 unspecified atom stereocenters. The Balaban J connectivity index is 1.70. The summed E-state index contributed by atoms with van der Waals surface area (Å²) in [5.74, 6) is 1.88. The van der Waals surface area contributed by atoms with Crippen molar-refractivity contribution in [1.29, 1.82) is 0 Å². The van der Waals surface area contributed by atoms with Gasteiger partial charge >= 0.3 is 0 Å². The van der Waals surface area contributed by atoms with E-state index in [2.05, 4.69) is 25.8 Å². The summed E-state index contributed by atoms with van der Waals surface area (Å²) in [6.45, 7) is 3.97. The number of benzene rings is 2. The molecular weight excluding hydrogens is 400 g/mol. The van der Waals surface area contributed by atoms with Crippen LogP contribution in [0.2, 0.25) is 5.02 Å². The molecule has 0 saturated carbocycles. The Hall–Kier alpha value is -3.45. The minimum Gasteiger partial charge on any atom is -0.439 e. The van der Waals surface area contributed by atoms with Crippen LogP contribution >= 0.6 is 11.6 Å². The lowest BCUT2D eigenvalue weighted by molar-refractivity contribution is 0.462. The fourth-order valence-corrected chi connectivity index (χ4v) is 3.37. The van der Waals surface area contributed by atoms with E-state index >= 15 is 0 Å². The molecule has 0 amide bonds.